The van der Waals surface area contributed by atoms with E-state index in [1.807, 2.05) is 0 Å². The Labute approximate surface area is 665 Å². The zero-order valence-corrected chi connectivity index (χ0v) is 81.4. The minimum Gasteiger partial charge on any atom is -0.421 e. The first-order chi connectivity index (χ1) is 49.3. The van der Waals surface area contributed by atoms with Crippen LogP contribution in [0.1, 0.15) is 179 Å². The summed E-state index contributed by atoms with van der Waals surface area (Å²) < 4.78 is 5.08. The first-order valence-electron chi connectivity index (χ1n) is 40.5. The van der Waals surface area contributed by atoms with E-state index in [1.165, 1.54) is 48.6 Å². The minimum atomic E-state index is -1.97. The van der Waals surface area contributed by atoms with E-state index in [0.29, 0.717) is 25.2 Å². The Morgan fingerprint density at radius 3 is 0.617 bits per heavy atom. The second kappa shape index (κ2) is 36.3. The van der Waals surface area contributed by atoms with Crippen molar-refractivity contribution in [1.82, 2.24) is 0 Å². The molecule has 107 heavy (non-hydrogen) atoms. The van der Waals surface area contributed by atoms with E-state index < -0.39 is 56.8 Å². The Hall–Kier alpha value is -5.54. The van der Waals surface area contributed by atoms with E-state index >= 15 is 0 Å². The quantitative estimate of drug-likeness (QED) is 0.117. The van der Waals surface area contributed by atoms with Gasteiger partial charge in [-0.2, -0.15) is 0 Å². The predicted octanol–water partition coefficient (Wildman–Crippen LogP) is 26.2. The lowest BCUT2D eigenvalue weighted by Gasteiger charge is -2.47. The Bertz CT molecular complexity index is 3800. The number of hydrogen-bond donors (Lipinski definition) is 0. The summed E-state index contributed by atoms with van der Waals surface area (Å²) in [5, 5.41) is 14.6. The standard InChI is InChI=1S/C22H24Si.2C17H20Si.C17H22Si.2C11H26Si.C4H12OSi/c1-22(2,19-13-7-4-8-14-19)23(3,20-15-9-5-10-16-20)21-17-11-6-12-18-21;2*1-17(2,3)18(4)15-11-7-5-9-13(15)14-10-6-8-12-16(14)18;1-17(2,3)18(4,15-11-7-5-8-12-15)16-13-9-6-10-14-16;2*1-9(2)12(8,10(3)4)11(5,6)7;1-5-6(2,3)4/h4-18H,1-3H3;2*5-12H,1-4H3;5-14H,1-4H3;2*9-10H,1-8H3;1-4H3. The molecule has 0 unspecified atom stereocenters. The van der Waals surface area contributed by atoms with Gasteiger partial charge in [-0.1, -0.05) is 504 Å². The maximum atomic E-state index is 5.08. The summed E-state index contributed by atoms with van der Waals surface area (Å²) in [6, 6.07) is 91.2. The monoisotopic (exact) mass is 1550 g/mol. The molecule has 9 aromatic carbocycles. The third kappa shape index (κ3) is 19.9. The normalized spacial score (nSPS) is 14.1. The van der Waals surface area contributed by atoms with Crippen molar-refractivity contribution in [2.75, 3.05) is 7.11 Å². The van der Waals surface area contributed by atoms with Crippen molar-refractivity contribution in [1.29, 1.82) is 0 Å². The molecule has 8 heteroatoms. The Morgan fingerprint density at radius 1 is 0.262 bits per heavy atom. The molecule has 0 bridgehead atoms. The molecule has 0 fully saturated rings. The van der Waals surface area contributed by atoms with E-state index in [4.69, 9.17) is 4.43 Å². The molecule has 0 spiro atoms. The first-order valence-corrected chi connectivity index (χ1v) is 59.2. The zero-order valence-electron chi connectivity index (χ0n) is 74.4. The van der Waals surface area contributed by atoms with E-state index in [1.54, 1.807) is 27.9 Å². The maximum absolute atomic E-state index is 5.08. The van der Waals surface area contributed by atoms with Crippen LogP contribution in [0, 0.1) is 0 Å². The number of benzene rings is 9. The van der Waals surface area contributed by atoms with E-state index in [2.05, 4.69) is 481 Å². The summed E-state index contributed by atoms with van der Waals surface area (Å²) in [7, 11) is -8.50. The Morgan fingerprint density at radius 2 is 0.449 bits per heavy atom. The van der Waals surface area contributed by atoms with Crippen molar-refractivity contribution < 1.29 is 4.43 Å². The van der Waals surface area contributed by atoms with Crippen molar-refractivity contribution in [2.24, 2.45) is 0 Å². The minimum absolute atomic E-state index is 0.0942. The molecule has 0 saturated carbocycles. The zero-order chi connectivity index (χ0) is 81.0. The van der Waals surface area contributed by atoms with Gasteiger partial charge >= 0.3 is 0 Å². The van der Waals surface area contributed by atoms with Crippen LogP contribution in [0.15, 0.2) is 249 Å². The van der Waals surface area contributed by atoms with Crippen molar-refractivity contribution in [3.8, 4) is 22.3 Å². The molecule has 0 atom stereocenters. The van der Waals surface area contributed by atoms with Crippen molar-refractivity contribution >= 4 is 98.3 Å². The second-order valence-corrected chi connectivity index (χ2v) is 76.5. The van der Waals surface area contributed by atoms with Gasteiger partial charge in [0.2, 0.25) is 0 Å². The molecule has 11 rings (SSSR count). The SMILES string of the molecule is CC(C)(C)[Si](C)(c1ccccc1)c1ccccc1.CC(C)(C)[Si]1(C)c2ccccc2-c2ccccc21.CC(C)(C)[Si]1(C)c2ccccc2-c2ccccc21.CC(C)(c1ccccc1)[Si](C)(c1ccccc1)c1ccccc1.CC(C)[Si](C)(C(C)C)C(C)(C)C.CC(C)[Si](C)(C(C)C)C(C)(C)C.CO[Si](C)(C)C. The van der Waals surface area contributed by atoms with E-state index in [-0.39, 0.29) is 5.04 Å². The molecule has 0 aliphatic carbocycles. The van der Waals surface area contributed by atoms with Crippen LogP contribution in [-0.4, -0.2) is 63.9 Å². The largest absolute Gasteiger partial charge is 0.421 e. The summed E-state index contributed by atoms with van der Waals surface area (Å²) >= 11 is 0. The molecular weight excluding hydrogens is 1400 g/mol. The van der Waals surface area contributed by atoms with Crippen LogP contribution in [0.3, 0.4) is 0 Å². The predicted molar refractivity (Wildman–Crippen MR) is 505 cm³/mol. The molecular formula is C99H150OSi7. The van der Waals surface area contributed by atoms with Gasteiger partial charge in [0.1, 0.15) is 32.3 Å². The number of fused-ring (bicyclic) bond motifs is 6. The topological polar surface area (TPSA) is 9.23 Å². The Balaban J connectivity index is 0.000000230. The van der Waals surface area contributed by atoms with Gasteiger partial charge < -0.3 is 4.43 Å². The van der Waals surface area contributed by atoms with Gasteiger partial charge in [-0.15, -0.1) is 0 Å². The highest BCUT2D eigenvalue weighted by atomic mass is 28.4. The van der Waals surface area contributed by atoms with Crippen LogP contribution in [0.2, 0.25) is 106 Å². The van der Waals surface area contributed by atoms with Gasteiger partial charge in [-0.05, 0) is 98.4 Å². The molecule has 0 saturated heterocycles. The Kier molecular flexibility index (Phi) is 31.2. The average Bonchev–Trinajstić information content (AvgIpc) is 1.61. The molecule has 9 aromatic rings. The highest BCUT2D eigenvalue weighted by Crippen LogP contribution is 2.51. The van der Waals surface area contributed by atoms with Gasteiger partial charge in [0.05, 0.1) is 16.1 Å². The van der Waals surface area contributed by atoms with Crippen LogP contribution in [0.4, 0.5) is 0 Å². The van der Waals surface area contributed by atoms with Crippen LogP contribution in [0.5, 0.6) is 0 Å². The molecule has 0 N–H and O–H groups in total. The summed E-state index contributed by atoms with van der Waals surface area (Å²) in [4.78, 5) is 0. The fourth-order valence-electron chi connectivity index (χ4n) is 17.5. The summed E-state index contributed by atoms with van der Waals surface area (Å²) in [5.41, 5.74) is 10.8. The lowest BCUT2D eigenvalue weighted by atomic mass is 10.0. The van der Waals surface area contributed by atoms with E-state index in [0.717, 1.165) is 22.2 Å². The summed E-state index contributed by atoms with van der Waals surface area (Å²) in [5.74, 6) is 0. The van der Waals surface area contributed by atoms with Gasteiger partial charge in [0.25, 0.3) is 0 Å². The molecule has 580 valence electrons. The lowest BCUT2D eigenvalue weighted by Crippen LogP contribution is -2.67. The van der Waals surface area contributed by atoms with Crippen LogP contribution < -0.4 is 41.5 Å². The van der Waals surface area contributed by atoms with Gasteiger partial charge in [-0.25, -0.2) is 0 Å². The second-order valence-electron chi connectivity index (χ2n) is 39.9. The third-order valence-corrected chi connectivity index (χ3v) is 68.8. The van der Waals surface area contributed by atoms with Crippen LogP contribution >= 0.6 is 0 Å². The van der Waals surface area contributed by atoms with Crippen molar-refractivity contribution in [3.63, 3.8) is 0 Å². The summed E-state index contributed by atoms with van der Waals surface area (Å²) in [6.45, 7) is 81.7. The highest BCUT2D eigenvalue weighted by molar-refractivity contribution is 7.07. The maximum Gasteiger partial charge on any atom is 0.183 e. The molecule has 2 heterocycles. The molecule has 2 aliphatic rings. The van der Waals surface area contributed by atoms with E-state index in [9.17, 15) is 0 Å². The summed E-state index contributed by atoms with van der Waals surface area (Å²) in [6.07, 6.45) is 0. The molecule has 0 amide bonds. The fraction of sp³-hybridized carbons (Fsp3) is 0.455. The fourth-order valence-corrected chi connectivity index (χ4v) is 43.6. The molecule has 0 radical (unpaired) electrons. The molecule has 1 nitrogen and oxygen atoms in total. The van der Waals surface area contributed by atoms with Gasteiger partial charge in [0.15, 0.2) is 8.32 Å². The van der Waals surface area contributed by atoms with Gasteiger partial charge in [0, 0.05) is 7.11 Å². The third-order valence-electron chi connectivity index (χ3n) is 27.7. The first kappa shape index (κ1) is 92.1. The van der Waals surface area contributed by atoms with Crippen molar-refractivity contribution in [3.05, 3.63) is 254 Å². The number of rotatable bonds is 11. The number of hydrogen-bond acceptors (Lipinski definition) is 1. The highest BCUT2D eigenvalue weighted by Gasteiger charge is 2.52. The van der Waals surface area contributed by atoms with Crippen LogP contribution in [0.25, 0.3) is 22.3 Å². The average molecular weight is 1550 g/mol. The smallest absolute Gasteiger partial charge is 0.183 e. The van der Waals surface area contributed by atoms with Crippen LogP contribution in [-0.2, 0) is 9.46 Å². The molecule has 2 aliphatic heterocycles. The van der Waals surface area contributed by atoms with Gasteiger partial charge in [-0.3, -0.25) is 0 Å². The molecule has 0 aromatic heterocycles. The van der Waals surface area contributed by atoms with Crippen molar-refractivity contribution in [2.45, 2.75) is 284 Å². The lowest BCUT2D eigenvalue weighted by molar-refractivity contribution is 0.411.